The number of hydrogen-bond donors (Lipinski definition) is 2. The van der Waals surface area contributed by atoms with Crippen molar-refractivity contribution in [2.45, 2.75) is 0 Å². The number of ether oxygens (including phenoxy) is 1. The summed E-state index contributed by atoms with van der Waals surface area (Å²) in [6.45, 7) is 0. The molecule has 0 amide bonds. The third kappa shape index (κ3) is 1.74. The van der Waals surface area contributed by atoms with Gasteiger partial charge >= 0.3 is 5.97 Å². The summed E-state index contributed by atoms with van der Waals surface area (Å²) in [5.74, 6) is -1.34. The summed E-state index contributed by atoms with van der Waals surface area (Å²) in [5.41, 5.74) is -0.112. The highest BCUT2D eigenvalue weighted by Gasteiger charge is 2.10. The molecular formula is C8H7BO4. The Balaban J connectivity index is 3.20. The molecule has 0 aliphatic rings. The second kappa shape index (κ2) is 3.39. The predicted molar refractivity (Wildman–Crippen MR) is 46.5 cm³/mol. The van der Waals surface area contributed by atoms with Gasteiger partial charge in [-0.1, -0.05) is 0 Å². The smallest absolute Gasteiger partial charge is 0.338 e. The number of aromatic hydroxyl groups is 2. The van der Waals surface area contributed by atoms with Crippen LogP contribution in [0.5, 0.6) is 11.5 Å². The van der Waals surface area contributed by atoms with Crippen molar-refractivity contribution in [2.75, 3.05) is 7.11 Å². The highest BCUT2D eigenvalue weighted by Crippen LogP contribution is 2.17. The number of carbonyl (C=O) groups is 1. The first-order valence-electron chi connectivity index (χ1n) is 3.46. The number of benzene rings is 1. The maximum absolute atomic E-state index is 10.9. The molecule has 0 spiro atoms. The molecule has 0 aliphatic carbocycles. The summed E-state index contributed by atoms with van der Waals surface area (Å²) >= 11 is 0. The molecule has 0 atom stereocenters. The van der Waals surface area contributed by atoms with E-state index in [1.165, 1.54) is 7.11 Å². The van der Waals surface area contributed by atoms with Gasteiger partial charge in [-0.25, -0.2) is 4.79 Å². The van der Waals surface area contributed by atoms with Gasteiger partial charge in [0.1, 0.15) is 19.3 Å². The number of hydrogen-bond acceptors (Lipinski definition) is 4. The zero-order chi connectivity index (χ0) is 10.0. The van der Waals surface area contributed by atoms with E-state index in [2.05, 4.69) is 4.74 Å². The van der Waals surface area contributed by atoms with Crippen LogP contribution >= 0.6 is 0 Å². The minimum absolute atomic E-state index is 0.0479. The molecule has 1 aromatic carbocycles. The Morgan fingerprint density at radius 3 is 2.23 bits per heavy atom. The van der Waals surface area contributed by atoms with Crippen LogP contribution in [0.1, 0.15) is 10.4 Å². The fourth-order valence-electron chi connectivity index (χ4n) is 0.859. The second-order valence-corrected chi connectivity index (χ2v) is 2.42. The Kier molecular flexibility index (Phi) is 2.46. The minimum atomic E-state index is -0.648. The van der Waals surface area contributed by atoms with Gasteiger partial charge in [-0.3, -0.25) is 0 Å². The Morgan fingerprint density at radius 2 is 1.85 bits per heavy atom. The molecule has 0 unspecified atom stereocenters. The molecule has 0 fully saturated rings. The third-order valence-electron chi connectivity index (χ3n) is 1.56. The standard InChI is InChI=1S/C8H7BO4/c1-13-8(12)4-2-5(10)7(9)6(11)3-4/h2-3,10-11H,1H3. The van der Waals surface area contributed by atoms with Gasteiger partial charge < -0.3 is 14.9 Å². The molecule has 4 nitrogen and oxygen atoms in total. The molecule has 0 heterocycles. The van der Waals surface area contributed by atoms with E-state index in [1.54, 1.807) is 0 Å². The van der Waals surface area contributed by atoms with Gasteiger partial charge in [-0.05, 0) is 17.6 Å². The molecule has 0 saturated heterocycles. The van der Waals surface area contributed by atoms with Crippen LogP contribution in [0.4, 0.5) is 0 Å². The molecule has 0 saturated carbocycles. The molecule has 66 valence electrons. The van der Waals surface area contributed by atoms with Gasteiger partial charge in [0.15, 0.2) is 0 Å². The predicted octanol–water partition coefficient (Wildman–Crippen LogP) is -0.322. The van der Waals surface area contributed by atoms with Gasteiger partial charge in [0.2, 0.25) is 0 Å². The molecular weight excluding hydrogens is 171 g/mol. The van der Waals surface area contributed by atoms with Crippen LogP contribution in [0, 0.1) is 0 Å². The zero-order valence-electron chi connectivity index (χ0n) is 6.94. The number of phenols is 2. The Bertz CT molecular complexity index is 325. The van der Waals surface area contributed by atoms with Crippen molar-refractivity contribution in [2.24, 2.45) is 0 Å². The van der Waals surface area contributed by atoms with Gasteiger partial charge in [0, 0.05) is 0 Å². The van der Waals surface area contributed by atoms with E-state index in [0.29, 0.717) is 0 Å². The lowest BCUT2D eigenvalue weighted by Gasteiger charge is -2.05. The fraction of sp³-hybridized carbons (Fsp3) is 0.125. The summed E-state index contributed by atoms with van der Waals surface area (Å²) < 4.78 is 4.38. The highest BCUT2D eigenvalue weighted by atomic mass is 16.5. The quantitative estimate of drug-likeness (QED) is 0.456. The van der Waals surface area contributed by atoms with Crippen LogP contribution in [-0.4, -0.2) is 31.1 Å². The van der Waals surface area contributed by atoms with Crippen LogP contribution in [0.3, 0.4) is 0 Å². The van der Waals surface area contributed by atoms with Crippen LogP contribution in [0.2, 0.25) is 0 Å². The van der Waals surface area contributed by atoms with E-state index in [9.17, 15) is 4.79 Å². The van der Waals surface area contributed by atoms with Gasteiger partial charge in [0.25, 0.3) is 0 Å². The lowest BCUT2D eigenvalue weighted by molar-refractivity contribution is 0.0600. The SMILES string of the molecule is [B]c1c(O)cc(C(=O)OC)cc1O. The van der Waals surface area contributed by atoms with E-state index >= 15 is 0 Å². The number of esters is 1. The van der Waals surface area contributed by atoms with Gasteiger partial charge in [-0.15, -0.1) is 0 Å². The van der Waals surface area contributed by atoms with Crippen LogP contribution in [0.15, 0.2) is 12.1 Å². The van der Waals surface area contributed by atoms with Crippen LogP contribution in [-0.2, 0) is 4.74 Å². The number of phenolic OH excluding ortho intramolecular Hbond substituents is 2. The third-order valence-corrected chi connectivity index (χ3v) is 1.56. The monoisotopic (exact) mass is 178 g/mol. The number of rotatable bonds is 1. The molecule has 1 rings (SSSR count). The van der Waals surface area contributed by atoms with Crippen molar-refractivity contribution in [3.05, 3.63) is 17.7 Å². The number of methoxy groups -OCH3 is 1. The average Bonchev–Trinajstić information content (AvgIpc) is 2.12. The van der Waals surface area contributed by atoms with Gasteiger partial charge in [0.05, 0.1) is 12.7 Å². The van der Waals surface area contributed by atoms with E-state index in [0.717, 1.165) is 12.1 Å². The maximum Gasteiger partial charge on any atom is 0.338 e. The first kappa shape index (κ1) is 9.44. The minimum Gasteiger partial charge on any atom is -0.508 e. The summed E-state index contributed by atoms with van der Waals surface area (Å²) in [6.07, 6.45) is 0. The molecule has 1 aromatic rings. The lowest BCUT2D eigenvalue weighted by Crippen LogP contribution is -2.08. The number of carbonyl (C=O) groups excluding carboxylic acids is 1. The summed E-state index contributed by atoms with van der Waals surface area (Å²) in [5, 5.41) is 18.3. The van der Waals surface area contributed by atoms with Crippen molar-refractivity contribution in [3.8, 4) is 11.5 Å². The van der Waals surface area contributed by atoms with Crippen molar-refractivity contribution in [1.82, 2.24) is 0 Å². The molecule has 5 heteroatoms. The van der Waals surface area contributed by atoms with Crippen molar-refractivity contribution in [3.63, 3.8) is 0 Å². The van der Waals surface area contributed by atoms with E-state index < -0.39 is 5.97 Å². The van der Waals surface area contributed by atoms with Gasteiger partial charge in [-0.2, -0.15) is 0 Å². The molecule has 2 N–H and O–H groups in total. The summed E-state index contributed by atoms with van der Waals surface area (Å²) in [4.78, 5) is 10.9. The zero-order valence-corrected chi connectivity index (χ0v) is 6.94. The largest absolute Gasteiger partial charge is 0.508 e. The highest BCUT2D eigenvalue weighted by molar-refractivity contribution is 6.36. The first-order valence-corrected chi connectivity index (χ1v) is 3.46. The fourth-order valence-corrected chi connectivity index (χ4v) is 0.859. The van der Waals surface area contributed by atoms with Crippen LogP contribution in [0.25, 0.3) is 0 Å². The van der Waals surface area contributed by atoms with Crippen molar-refractivity contribution in [1.29, 1.82) is 0 Å². The van der Waals surface area contributed by atoms with E-state index in [1.807, 2.05) is 0 Å². The summed E-state index contributed by atoms with van der Waals surface area (Å²) in [7, 11) is 6.44. The Morgan fingerprint density at radius 1 is 1.38 bits per heavy atom. The lowest BCUT2D eigenvalue weighted by atomic mass is 9.92. The van der Waals surface area contributed by atoms with E-state index in [-0.39, 0.29) is 22.5 Å². The molecule has 0 aliphatic heterocycles. The normalized spacial score (nSPS) is 9.62. The van der Waals surface area contributed by atoms with Crippen molar-refractivity contribution < 1.29 is 19.7 Å². The van der Waals surface area contributed by atoms with Crippen molar-refractivity contribution >= 4 is 19.3 Å². The summed E-state index contributed by atoms with van der Waals surface area (Å²) in [6, 6.07) is 2.25. The average molecular weight is 178 g/mol. The molecule has 0 bridgehead atoms. The molecule has 2 radical (unpaired) electrons. The molecule has 13 heavy (non-hydrogen) atoms. The van der Waals surface area contributed by atoms with E-state index in [4.69, 9.17) is 18.1 Å². The van der Waals surface area contributed by atoms with Crippen LogP contribution < -0.4 is 5.46 Å². The second-order valence-electron chi connectivity index (χ2n) is 2.42. The topological polar surface area (TPSA) is 66.8 Å². The Hall–Kier alpha value is -1.65. The first-order chi connectivity index (χ1) is 6.06. The maximum atomic E-state index is 10.9. The molecule has 0 aromatic heterocycles. The Labute approximate surface area is 76.2 Å².